The van der Waals surface area contributed by atoms with Gasteiger partial charge in [0.1, 0.15) is 9.71 Å². The van der Waals surface area contributed by atoms with Crippen LogP contribution in [0.4, 0.5) is 22.7 Å². The SMILES string of the molecule is Cc1ccc(NC(=O)c2sc3nccc(Nc4ccccc4)c3c2N)cc1. The summed E-state index contributed by atoms with van der Waals surface area (Å²) in [5.74, 6) is -0.231. The second kappa shape index (κ2) is 7.09. The lowest BCUT2D eigenvalue weighted by Gasteiger charge is -2.08. The van der Waals surface area contributed by atoms with Crippen molar-refractivity contribution in [2.24, 2.45) is 0 Å². The molecule has 0 bridgehead atoms. The standard InChI is InChI=1S/C21H18N4OS/c1-13-7-9-15(10-8-13)25-20(26)19-18(22)17-16(11-12-23-21(17)27-19)24-14-5-3-2-4-6-14/h2-12H,22H2,1H3,(H,23,24)(H,25,26). The maximum Gasteiger partial charge on any atom is 0.267 e. The summed E-state index contributed by atoms with van der Waals surface area (Å²) in [7, 11) is 0. The van der Waals surface area contributed by atoms with E-state index in [9.17, 15) is 4.79 Å². The molecular weight excluding hydrogens is 356 g/mol. The minimum atomic E-state index is -0.231. The number of benzene rings is 2. The smallest absolute Gasteiger partial charge is 0.267 e. The Morgan fingerprint density at radius 1 is 1.00 bits per heavy atom. The maximum absolute atomic E-state index is 12.7. The molecule has 0 saturated heterocycles. The normalized spacial score (nSPS) is 10.7. The van der Waals surface area contributed by atoms with Gasteiger partial charge in [0, 0.05) is 17.6 Å². The Morgan fingerprint density at radius 2 is 1.74 bits per heavy atom. The number of rotatable bonds is 4. The summed E-state index contributed by atoms with van der Waals surface area (Å²) in [5.41, 5.74) is 10.4. The lowest BCUT2D eigenvalue weighted by Crippen LogP contribution is -2.11. The van der Waals surface area contributed by atoms with Gasteiger partial charge in [-0.05, 0) is 37.3 Å². The summed E-state index contributed by atoms with van der Waals surface area (Å²) < 4.78 is 0. The molecule has 0 atom stereocenters. The molecule has 0 saturated carbocycles. The molecule has 0 aliphatic rings. The summed E-state index contributed by atoms with van der Waals surface area (Å²) >= 11 is 1.29. The van der Waals surface area contributed by atoms with Gasteiger partial charge in [-0.15, -0.1) is 11.3 Å². The van der Waals surface area contributed by atoms with Gasteiger partial charge in [-0.1, -0.05) is 35.9 Å². The van der Waals surface area contributed by atoms with Gasteiger partial charge < -0.3 is 16.4 Å². The molecule has 134 valence electrons. The van der Waals surface area contributed by atoms with Crippen LogP contribution in [0.25, 0.3) is 10.2 Å². The van der Waals surface area contributed by atoms with Gasteiger partial charge in [-0.3, -0.25) is 4.79 Å². The van der Waals surface area contributed by atoms with E-state index in [1.54, 1.807) is 6.20 Å². The van der Waals surface area contributed by atoms with Crippen LogP contribution >= 0.6 is 11.3 Å². The molecule has 0 unspecified atom stereocenters. The highest BCUT2D eigenvalue weighted by Gasteiger charge is 2.19. The number of fused-ring (bicyclic) bond motifs is 1. The number of amides is 1. The van der Waals surface area contributed by atoms with Gasteiger partial charge in [0.25, 0.3) is 5.91 Å². The van der Waals surface area contributed by atoms with Gasteiger partial charge >= 0.3 is 0 Å². The van der Waals surface area contributed by atoms with Crippen LogP contribution in [0, 0.1) is 6.92 Å². The van der Waals surface area contributed by atoms with Crippen LogP contribution in [-0.4, -0.2) is 10.9 Å². The van der Waals surface area contributed by atoms with E-state index in [0.29, 0.717) is 10.6 Å². The summed E-state index contributed by atoms with van der Waals surface area (Å²) in [6, 6.07) is 19.3. The zero-order valence-corrected chi connectivity index (χ0v) is 15.5. The highest BCUT2D eigenvalue weighted by atomic mass is 32.1. The first-order valence-electron chi connectivity index (χ1n) is 8.49. The number of nitrogens with zero attached hydrogens (tertiary/aromatic N) is 1. The summed E-state index contributed by atoms with van der Waals surface area (Å²) in [5, 5.41) is 7.01. The van der Waals surface area contributed by atoms with Gasteiger partial charge in [0.2, 0.25) is 0 Å². The van der Waals surface area contributed by atoms with Crippen LogP contribution in [0.2, 0.25) is 0 Å². The van der Waals surface area contributed by atoms with Crippen molar-refractivity contribution in [1.82, 2.24) is 4.98 Å². The fourth-order valence-electron chi connectivity index (χ4n) is 2.82. The van der Waals surface area contributed by atoms with E-state index in [4.69, 9.17) is 5.73 Å². The summed E-state index contributed by atoms with van der Waals surface area (Å²) in [6.45, 7) is 2.00. The number of carbonyl (C=O) groups is 1. The number of thiophene rings is 1. The predicted molar refractivity (Wildman–Crippen MR) is 113 cm³/mol. The number of hydrogen-bond acceptors (Lipinski definition) is 5. The summed E-state index contributed by atoms with van der Waals surface area (Å²) in [4.78, 5) is 18.3. The zero-order chi connectivity index (χ0) is 18.8. The first kappa shape index (κ1) is 17.1. The van der Waals surface area contributed by atoms with Crippen molar-refractivity contribution in [3.05, 3.63) is 77.3 Å². The van der Waals surface area contributed by atoms with E-state index >= 15 is 0 Å². The number of nitrogen functional groups attached to an aromatic ring is 1. The topological polar surface area (TPSA) is 80.0 Å². The number of nitrogens with two attached hydrogens (primary N) is 1. The van der Waals surface area contributed by atoms with E-state index in [2.05, 4.69) is 15.6 Å². The minimum absolute atomic E-state index is 0.231. The largest absolute Gasteiger partial charge is 0.397 e. The van der Waals surface area contributed by atoms with E-state index in [1.807, 2.05) is 67.6 Å². The molecule has 2 aromatic carbocycles. The third-order valence-electron chi connectivity index (χ3n) is 4.20. The van der Waals surface area contributed by atoms with Crippen molar-refractivity contribution in [3.63, 3.8) is 0 Å². The van der Waals surface area contributed by atoms with Crippen molar-refractivity contribution in [3.8, 4) is 0 Å². The Hall–Kier alpha value is -3.38. The quantitative estimate of drug-likeness (QED) is 0.460. The molecule has 0 spiro atoms. The van der Waals surface area contributed by atoms with Crippen LogP contribution in [0.3, 0.4) is 0 Å². The maximum atomic E-state index is 12.7. The van der Waals surface area contributed by atoms with E-state index < -0.39 is 0 Å². The molecule has 0 aliphatic heterocycles. The number of pyridine rings is 1. The van der Waals surface area contributed by atoms with Crippen molar-refractivity contribution >= 4 is 50.2 Å². The average molecular weight is 374 g/mol. The molecule has 6 heteroatoms. The van der Waals surface area contributed by atoms with Crippen molar-refractivity contribution < 1.29 is 4.79 Å². The fourth-order valence-corrected chi connectivity index (χ4v) is 3.80. The third-order valence-corrected chi connectivity index (χ3v) is 5.31. The first-order valence-corrected chi connectivity index (χ1v) is 9.30. The number of carbonyl (C=O) groups excluding carboxylic acids is 1. The lowest BCUT2D eigenvalue weighted by molar-refractivity contribution is 0.103. The molecule has 0 radical (unpaired) electrons. The van der Waals surface area contributed by atoms with E-state index in [-0.39, 0.29) is 5.91 Å². The molecule has 2 heterocycles. The van der Waals surface area contributed by atoms with E-state index in [0.717, 1.165) is 32.8 Å². The fraction of sp³-hybridized carbons (Fsp3) is 0.0476. The van der Waals surface area contributed by atoms with Crippen molar-refractivity contribution in [2.45, 2.75) is 6.92 Å². The van der Waals surface area contributed by atoms with Crippen LogP contribution < -0.4 is 16.4 Å². The van der Waals surface area contributed by atoms with Crippen LogP contribution in [-0.2, 0) is 0 Å². The Labute approximate surface area is 160 Å². The summed E-state index contributed by atoms with van der Waals surface area (Å²) in [6.07, 6.45) is 1.71. The monoisotopic (exact) mass is 374 g/mol. The number of aryl methyl sites for hydroxylation is 1. The Balaban J connectivity index is 1.68. The number of nitrogens with one attached hydrogen (secondary N) is 2. The highest BCUT2D eigenvalue weighted by Crippen LogP contribution is 2.38. The molecule has 4 N–H and O–H groups in total. The first-order chi connectivity index (χ1) is 13.1. The highest BCUT2D eigenvalue weighted by molar-refractivity contribution is 7.21. The number of hydrogen-bond donors (Lipinski definition) is 3. The molecule has 1 amide bonds. The van der Waals surface area contributed by atoms with Gasteiger partial charge in [0.15, 0.2) is 0 Å². The number of anilines is 4. The Morgan fingerprint density at radius 3 is 2.48 bits per heavy atom. The molecular formula is C21H18N4OS. The molecule has 0 aliphatic carbocycles. The van der Waals surface area contributed by atoms with Gasteiger partial charge in [-0.25, -0.2) is 4.98 Å². The van der Waals surface area contributed by atoms with Crippen molar-refractivity contribution in [2.75, 3.05) is 16.4 Å². The minimum Gasteiger partial charge on any atom is -0.397 e. The third kappa shape index (κ3) is 3.47. The Bertz CT molecular complexity index is 1100. The molecule has 4 aromatic rings. The molecule has 2 aromatic heterocycles. The second-order valence-corrected chi connectivity index (χ2v) is 7.19. The zero-order valence-electron chi connectivity index (χ0n) is 14.7. The van der Waals surface area contributed by atoms with Crippen LogP contribution in [0.5, 0.6) is 0 Å². The molecule has 27 heavy (non-hydrogen) atoms. The second-order valence-electron chi connectivity index (χ2n) is 6.19. The molecule has 4 rings (SSSR count). The van der Waals surface area contributed by atoms with Crippen molar-refractivity contribution in [1.29, 1.82) is 0 Å². The predicted octanol–water partition coefficient (Wildman–Crippen LogP) is 5.18. The lowest BCUT2D eigenvalue weighted by atomic mass is 10.2. The van der Waals surface area contributed by atoms with Gasteiger partial charge in [0.05, 0.1) is 16.8 Å². The average Bonchev–Trinajstić information content (AvgIpc) is 3.02. The number of para-hydroxylation sites is 1. The molecule has 0 fully saturated rings. The molecule has 5 nitrogen and oxygen atoms in total. The van der Waals surface area contributed by atoms with Gasteiger partial charge in [-0.2, -0.15) is 0 Å². The Kier molecular flexibility index (Phi) is 4.48. The van der Waals surface area contributed by atoms with Crippen LogP contribution in [0.15, 0.2) is 66.9 Å². The van der Waals surface area contributed by atoms with Crippen LogP contribution in [0.1, 0.15) is 15.2 Å². The van der Waals surface area contributed by atoms with E-state index in [1.165, 1.54) is 11.3 Å². The number of aromatic nitrogens is 1.